The fourth-order valence-corrected chi connectivity index (χ4v) is 1.15. The first-order chi connectivity index (χ1) is 8.53. The summed E-state index contributed by atoms with van der Waals surface area (Å²) in [4.78, 5) is 4.84. The number of benzene rings is 1. The van der Waals surface area contributed by atoms with Gasteiger partial charge in [0.1, 0.15) is 18.6 Å². The highest BCUT2D eigenvalue weighted by atomic mass is 19.4. The van der Waals surface area contributed by atoms with Crippen molar-refractivity contribution in [2.24, 2.45) is 5.16 Å². The zero-order valence-electron chi connectivity index (χ0n) is 9.83. The summed E-state index contributed by atoms with van der Waals surface area (Å²) in [5.41, 5.74) is 0.275. The summed E-state index contributed by atoms with van der Waals surface area (Å²) in [5, 5.41) is 3.51. The normalized spacial score (nSPS) is 11.8. The molecule has 6 heteroatoms. The second-order valence-corrected chi connectivity index (χ2v) is 3.43. The Morgan fingerprint density at radius 2 is 2.00 bits per heavy atom. The molecule has 0 fully saturated rings. The highest BCUT2D eigenvalue weighted by molar-refractivity contribution is 5.55. The van der Waals surface area contributed by atoms with Gasteiger partial charge in [0.15, 0.2) is 0 Å². The molecule has 0 N–H and O–H groups in total. The third kappa shape index (κ3) is 5.56. The van der Waals surface area contributed by atoms with Crippen LogP contribution in [0.3, 0.4) is 0 Å². The predicted octanol–water partition coefficient (Wildman–Crippen LogP) is 3.76. The third-order valence-electron chi connectivity index (χ3n) is 1.91. The molecule has 99 valence electrons. The molecular formula is C12H13F3NO2. The summed E-state index contributed by atoms with van der Waals surface area (Å²) in [6, 6.07) is 5.76. The van der Waals surface area contributed by atoms with Gasteiger partial charge in [-0.25, -0.2) is 0 Å². The zero-order chi connectivity index (χ0) is 13.4. The van der Waals surface area contributed by atoms with E-state index < -0.39 is 6.36 Å². The van der Waals surface area contributed by atoms with Gasteiger partial charge in [0.25, 0.3) is 0 Å². The van der Waals surface area contributed by atoms with E-state index in [1.54, 1.807) is 6.07 Å². The van der Waals surface area contributed by atoms with E-state index in [2.05, 4.69) is 16.1 Å². The van der Waals surface area contributed by atoms with Crippen LogP contribution in [0.4, 0.5) is 13.2 Å². The molecule has 0 aromatic heterocycles. The standard InChI is InChI=1S/C12H13F3NO2/c1-2-3-8-16-17-9-10-6-4-5-7-11(10)18-12(13,14)15/h4-7H,2-3,9H2,1H3. The van der Waals surface area contributed by atoms with E-state index in [-0.39, 0.29) is 17.9 Å². The molecule has 0 spiro atoms. The van der Waals surface area contributed by atoms with Crippen molar-refractivity contribution in [3.63, 3.8) is 0 Å². The number of nitrogens with zero attached hydrogens (tertiary/aromatic N) is 1. The molecule has 0 saturated heterocycles. The summed E-state index contributed by atoms with van der Waals surface area (Å²) in [6.45, 7) is 1.86. The maximum Gasteiger partial charge on any atom is 0.573 e. The van der Waals surface area contributed by atoms with Gasteiger partial charge in [0.2, 0.25) is 0 Å². The van der Waals surface area contributed by atoms with Crippen molar-refractivity contribution >= 4 is 6.21 Å². The lowest BCUT2D eigenvalue weighted by molar-refractivity contribution is -0.275. The number of hydrogen-bond acceptors (Lipinski definition) is 3. The van der Waals surface area contributed by atoms with Gasteiger partial charge in [-0.3, -0.25) is 0 Å². The van der Waals surface area contributed by atoms with Crippen LogP contribution >= 0.6 is 0 Å². The largest absolute Gasteiger partial charge is 0.573 e. The Labute approximate surface area is 103 Å². The first-order valence-corrected chi connectivity index (χ1v) is 5.41. The number of rotatable bonds is 6. The Balaban J connectivity index is 2.59. The Morgan fingerprint density at radius 1 is 1.28 bits per heavy atom. The Morgan fingerprint density at radius 3 is 2.67 bits per heavy atom. The van der Waals surface area contributed by atoms with Gasteiger partial charge in [-0.15, -0.1) is 13.2 Å². The van der Waals surface area contributed by atoms with Crippen molar-refractivity contribution in [1.29, 1.82) is 0 Å². The van der Waals surface area contributed by atoms with Crippen molar-refractivity contribution in [3.8, 4) is 5.75 Å². The van der Waals surface area contributed by atoms with Crippen LogP contribution in [-0.2, 0) is 11.4 Å². The van der Waals surface area contributed by atoms with Crippen LogP contribution < -0.4 is 4.74 Å². The van der Waals surface area contributed by atoms with E-state index in [4.69, 9.17) is 4.84 Å². The SMILES string of the molecule is CCC/[C]=N/OCc1ccccc1OC(F)(F)F. The molecule has 0 saturated carbocycles. The number of halogens is 3. The molecule has 1 radical (unpaired) electrons. The van der Waals surface area contributed by atoms with Crippen LogP contribution in [0.1, 0.15) is 25.3 Å². The first-order valence-electron chi connectivity index (χ1n) is 5.41. The van der Waals surface area contributed by atoms with Crippen molar-refractivity contribution in [2.45, 2.75) is 32.7 Å². The second kappa shape index (κ2) is 6.88. The van der Waals surface area contributed by atoms with Crippen LogP contribution in [0.5, 0.6) is 5.75 Å². The van der Waals surface area contributed by atoms with E-state index in [0.717, 1.165) is 6.42 Å². The van der Waals surface area contributed by atoms with Crippen LogP contribution in [0.15, 0.2) is 29.4 Å². The van der Waals surface area contributed by atoms with Crippen LogP contribution in [0, 0.1) is 0 Å². The molecule has 0 aliphatic carbocycles. The molecular weight excluding hydrogens is 247 g/mol. The van der Waals surface area contributed by atoms with E-state index in [1.165, 1.54) is 18.2 Å². The number of hydrogen-bond donors (Lipinski definition) is 0. The fourth-order valence-electron chi connectivity index (χ4n) is 1.15. The van der Waals surface area contributed by atoms with Gasteiger partial charge in [-0.05, 0) is 12.5 Å². The summed E-state index contributed by atoms with van der Waals surface area (Å²) >= 11 is 0. The molecule has 1 aromatic rings. The first kappa shape index (κ1) is 14.3. The molecule has 0 heterocycles. The van der Waals surface area contributed by atoms with E-state index in [0.29, 0.717) is 6.42 Å². The zero-order valence-corrected chi connectivity index (χ0v) is 9.83. The Bertz CT molecular complexity index is 391. The molecule has 1 aromatic carbocycles. The number of unbranched alkanes of at least 4 members (excludes halogenated alkanes) is 1. The minimum absolute atomic E-state index is 0.0943. The lowest BCUT2D eigenvalue weighted by Crippen LogP contribution is -2.18. The number of ether oxygens (including phenoxy) is 1. The number of alkyl halides is 3. The van der Waals surface area contributed by atoms with Gasteiger partial charge in [0.05, 0.1) is 0 Å². The molecule has 0 unspecified atom stereocenters. The second-order valence-electron chi connectivity index (χ2n) is 3.43. The summed E-state index contributed by atoms with van der Waals surface area (Å²) in [7, 11) is 0. The molecule has 0 aliphatic heterocycles. The van der Waals surface area contributed by atoms with Gasteiger partial charge >= 0.3 is 6.36 Å². The van der Waals surface area contributed by atoms with Crippen molar-refractivity contribution < 1.29 is 22.7 Å². The maximum absolute atomic E-state index is 12.1. The van der Waals surface area contributed by atoms with Crippen molar-refractivity contribution in [1.82, 2.24) is 0 Å². The Kier molecular flexibility index (Phi) is 5.48. The molecule has 1 rings (SSSR count). The van der Waals surface area contributed by atoms with Gasteiger partial charge in [0, 0.05) is 5.56 Å². The van der Waals surface area contributed by atoms with E-state index in [1.807, 2.05) is 6.92 Å². The lowest BCUT2D eigenvalue weighted by atomic mass is 10.2. The minimum atomic E-state index is -4.71. The van der Waals surface area contributed by atoms with Crippen LogP contribution in [0.25, 0.3) is 0 Å². The quantitative estimate of drug-likeness (QED) is 0.576. The summed E-state index contributed by atoms with van der Waals surface area (Å²) in [5.74, 6) is -0.282. The average molecular weight is 260 g/mol. The van der Waals surface area contributed by atoms with Crippen LogP contribution in [0.2, 0.25) is 0 Å². The van der Waals surface area contributed by atoms with Gasteiger partial charge in [-0.1, -0.05) is 36.7 Å². The monoisotopic (exact) mass is 260 g/mol. The van der Waals surface area contributed by atoms with E-state index in [9.17, 15) is 13.2 Å². The average Bonchev–Trinajstić information content (AvgIpc) is 2.29. The topological polar surface area (TPSA) is 30.8 Å². The summed E-state index contributed by atoms with van der Waals surface area (Å²) in [6.07, 6.45) is -0.587. The smallest absolute Gasteiger partial charge is 0.405 e. The van der Waals surface area contributed by atoms with Crippen molar-refractivity contribution in [2.75, 3.05) is 0 Å². The van der Waals surface area contributed by atoms with Crippen molar-refractivity contribution in [3.05, 3.63) is 29.8 Å². The minimum Gasteiger partial charge on any atom is -0.405 e. The predicted molar refractivity (Wildman–Crippen MR) is 60.3 cm³/mol. The summed E-state index contributed by atoms with van der Waals surface area (Å²) < 4.78 is 40.2. The van der Waals surface area contributed by atoms with E-state index >= 15 is 0 Å². The Hall–Kier alpha value is -1.72. The molecule has 3 nitrogen and oxygen atoms in total. The fraction of sp³-hybridized carbons (Fsp3) is 0.417. The number of para-hydroxylation sites is 1. The third-order valence-corrected chi connectivity index (χ3v) is 1.91. The van der Waals surface area contributed by atoms with Gasteiger partial charge < -0.3 is 9.57 Å². The molecule has 18 heavy (non-hydrogen) atoms. The molecule has 0 aliphatic rings. The van der Waals surface area contributed by atoms with Gasteiger partial charge in [-0.2, -0.15) is 0 Å². The molecule has 0 bridgehead atoms. The molecule has 0 amide bonds. The van der Waals surface area contributed by atoms with Crippen LogP contribution in [-0.4, -0.2) is 12.6 Å². The lowest BCUT2D eigenvalue weighted by Gasteiger charge is -2.12. The highest BCUT2D eigenvalue weighted by Gasteiger charge is 2.31. The molecule has 0 atom stereocenters. The highest BCUT2D eigenvalue weighted by Crippen LogP contribution is 2.26. The maximum atomic E-state index is 12.1.